The number of aryl methyl sites for hydroxylation is 1. The highest BCUT2D eigenvalue weighted by molar-refractivity contribution is 5.78. The lowest BCUT2D eigenvalue weighted by atomic mass is 10.2. The molecule has 2 rings (SSSR count). The molecule has 7 nitrogen and oxygen atoms in total. The summed E-state index contributed by atoms with van der Waals surface area (Å²) in [4.78, 5) is 28.8. The zero-order valence-electron chi connectivity index (χ0n) is 10.4. The summed E-state index contributed by atoms with van der Waals surface area (Å²) >= 11 is 0. The van der Waals surface area contributed by atoms with Crippen molar-refractivity contribution in [2.75, 3.05) is 18.8 Å². The zero-order valence-corrected chi connectivity index (χ0v) is 10.4. The molecule has 2 N–H and O–H groups in total. The van der Waals surface area contributed by atoms with Crippen LogP contribution in [0.25, 0.3) is 0 Å². The van der Waals surface area contributed by atoms with E-state index in [9.17, 15) is 9.59 Å². The van der Waals surface area contributed by atoms with Crippen LogP contribution in [0, 0.1) is 0 Å². The van der Waals surface area contributed by atoms with Gasteiger partial charge in [0.25, 0.3) is 0 Å². The Labute approximate surface area is 105 Å². The number of amides is 1. The van der Waals surface area contributed by atoms with Crippen LogP contribution < -0.4 is 5.73 Å². The molecule has 0 aliphatic carbocycles. The first-order valence-electron chi connectivity index (χ1n) is 6.08. The van der Waals surface area contributed by atoms with E-state index < -0.39 is 0 Å². The minimum Gasteiger partial charge on any atom is -0.368 e. The molecule has 98 valence electrons. The number of likely N-dealkylation sites (tertiary alicyclic amines) is 1. The molecule has 0 atom stereocenters. The van der Waals surface area contributed by atoms with Gasteiger partial charge in [-0.25, -0.2) is 0 Å². The molecular formula is C11H17N5O2. The first-order valence-corrected chi connectivity index (χ1v) is 6.08. The second-order valence-corrected chi connectivity index (χ2v) is 4.40. The molecule has 2 heterocycles. The average Bonchev–Trinajstić information content (AvgIpc) is 2.94. The van der Waals surface area contributed by atoms with E-state index >= 15 is 0 Å². The third-order valence-electron chi connectivity index (χ3n) is 3.00. The van der Waals surface area contributed by atoms with E-state index in [1.54, 1.807) is 0 Å². The van der Waals surface area contributed by atoms with E-state index in [0.717, 1.165) is 30.6 Å². The lowest BCUT2D eigenvalue weighted by Gasteiger charge is -2.14. The van der Waals surface area contributed by atoms with Gasteiger partial charge in [0.15, 0.2) is 5.82 Å². The fraction of sp³-hybridized carbons (Fsp3) is 0.636. The van der Waals surface area contributed by atoms with Gasteiger partial charge in [-0.05, 0) is 12.8 Å². The van der Waals surface area contributed by atoms with E-state index in [0.29, 0.717) is 18.7 Å². The number of rotatable bonds is 3. The van der Waals surface area contributed by atoms with Gasteiger partial charge in [0, 0.05) is 32.9 Å². The van der Waals surface area contributed by atoms with Crippen molar-refractivity contribution >= 4 is 17.8 Å². The Bertz CT molecular complexity index is 462. The molecule has 0 bridgehead atoms. The third-order valence-corrected chi connectivity index (χ3v) is 3.00. The summed E-state index contributed by atoms with van der Waals surface area (Å²) in [5.41, 5.74) is 5.54. The van der Waals surface area contributed by atoms with Gasteiger partial charge in [0.2, 0.25) is 17.8 Å². The Hall–Kier alpha value is -1.92. The molecule has 0 unspecified atom stereocenters. The van der Waals surface area contributed by atoms with Crippen LogP contribution in [0.5, 0.6) is 0 Å². The van der Waals surface area contributed by atoms with Gasteiger partial charge < -0.3 is 10.6 Å². The quantitative estimate of drug-likeness (QED) is 0.820. The molecule has 0 spiro atoms. The van der Waals surface area contributed by atoms with Crippen LogP contribution in [0.15, 0.2) is 0 Å². The van der Waals surface area contributed by atoms with Crippen LogP contribution in [0.4, 0.5) is 5.95 Å². The summed E-state index contributed by atoms with van der Waals surface area (Å²) in [5.74, 6) is 0.351. The normalized spacial score (nSPS) is 15.1. The van der Waals surface area contributed by atoms with Gasteiger partial charge in [0.05, 0.1) is 0 Å². The van der Waals surface area contributed by atoms with Crippen LogP contribution in [0.1, 0.15) is 36.8 Å². The Morgan fingerprint density at radius 3 is 2.56 bits per heavy atom. The number of hydrogen-bond donors (Lipinski definition) is 1. The molecule has 7 heteroatoms. The molecule has 0 saturated carbocycles. The van der Waals surface area contributed by atoms with E-state index in [4.69, 9.17) is 5.73 Å². The number of nitrogen functional groups attached to an aromatic ring is 1. The predicted molar refractivity (Wildman–Crippen MR) is 64.9 cm³/mol. The summed E-state index contributed by atoms with van der Waals surface area (Å²) in [7, 11) is 0. The largest absolute Gasteiger partial charge is 0.368 e. The van der Waals surface area contributed by atoms with Crippen molar-refractivity contribution in [3.05, 3.63) is 5.82 Å². The second kappa shape index (κ2) is 5.16. The molecule has 1 fully saturated rings. The van der Waals surface area contributed by atoms with Gasteiger partial charge in [0.1, 0.15) is 0 Å². The average molecular weight is 251 g/mol. The number of nitrogens with zero attached hydrogens (tertiary/aromatic N) is 4. The van der Waals surface area contributed by atoms with Gasteiger partial charge in [-0.3, -0.25) is 9.59 Å². The van der Waals surface area contributed by atoms with E-state index in [2.05, 4.69) is 10.1 Å². The van der Waals surface area contributed by atoms with Crippen LogP contribution in [-0.2, 0) is 11.2 Å². The monoisotopic (exact) mass is 251 g/mol. The summed E-state index contributed by atoms with van der Waals surface area (Å²) in [6, 6.07) is 0. The third kappa shape index (κ3) is 2.66. The van der Waals surface area contributed by atoms with Crippen molar-refractivity contribution in [3.63, 3.8) is 0 Å². The van der Waals surface area contributed by atoms with Crippen LogP contribution >= 0.6 is 0 Å². The van der Waals surface area contributed by atoms with Crippen LogP contribution in [0.3, 0.4) is 0 Å². The molecule has 0 aromatic carbocycles. The highest BCUT2D eigenvalue weighted by Crippen LogP contribution is 2.10. The molecular weight excluding hydrogens is 234 g/mol. The molecule has 1 aliphatic heterocycles. The molecule has 18 heavy (non-hydrogen) atoms. The number of hydrogen-bond acceptors (Lipinski definition) is 5. The smallest absolute Gasteiger partial charge is 0.246 e. The van der Waals surface area contributed by atoms with E-state index in [1.807, 2.05) is 4.90 Å². The van der Waals surface area contributed by atoms with Gasteiger partial charge in [-0.15, -0.1) is 5.10 Å². The van der Waals surface area contributed by atoms with Gasteiger partial charge in [-0.1, -0.05) is 0 Å². The lowest BCUT2D eigenvalue weighted by Crippen LogP contribution is -2.27. The van der Waals surface area contributed by atoms with Crippen molar-refractivity contribution in [1.29, 1.82) is 0 Å². The summed E-state index contributed by atoms with van der Waals surface area (Å²) in [6.45, 7) is 3.05. The standard InChI is InChI=1S/C11H17N5O2/c1-8(17)16-11(12)13-9(14-16)4-5-10(18)15-6-2-3-7-15/h2-7H2,1H3,(H2,12,13,14). The molecule has 0 radical (unpaired) electrons. The fourth-order valence-electron chi connectivity index (χ4n) is 2.05. The molecule has 1 aliphatic rings. The Morgan fingerprint density at radius 2 is 2.00 bits per heavy atom. The molecule has 1 saturated heterocycles. The minimum absolute atomic E-state index is 0.0751. The second-order valence-electron chi connectivity index (χ2n) is 4.40. The van der Waals surface area contributed by atoms with Crippen LogP contribution in [0.2, 0.25) is 0 Å². The van der Waals surface area contributed by atoms with Crippen LogP contribution in [-0.4, -0.2) is 44.6 Å². The Morgan fingerprint density at radius 1 is 1.33 bits per heavy atom. The number of aromatic nitrogens is 3. The molecule has 1 amide bonds. The van der Waals surface area contributed by atoms with Crippen molar-refractivity contribution in [2.45, 2.75) is 32.6 Å². The summed E-state index contributed by atoms with van der Waals surface area (Å²) in [6.07, 6.45) is 2.94. The summed E-state index contributed by atoms with van der Waals surface area (Å²) in [5, 5.41) is 3.97. The van der Waals surface area contributed by atoms with Crippen molar-refractivity contribution in [3.8, 4) is 0 Å². The molecule has 1 aromatic heterocycles. The fourth-order valence-corrected chi connectivity index (χ4v) is 2.05. The van der Waals surface area contributed by atoms with Crippen molar-refractivity contribution in [2.24, 2.45) is 0 Å². The van der Waals surface area contributed by atoms with Crippen molar-refractivity contribution in [1.82, 2.24) is 19.7 Å². The van der Waals surface area contributed by atoms with Gasteiger partial charge in [-0.2, -0.15) is 9.67 Å². The maximum atomic E-state index is 11.8. The lowest BCUT2D eigenvalue weighted by molar-refractivity contribution is -0.130. The van der Waals surface area contributed by atoms with Gasteiger partial charge >= 0.3 is 0 Å². The number of carbonyl (C=O) groups excluding carboxylic acids is 2. The maximum Gasteiger partial charge on any atom is 0.246 e. The first-order chi connectivity index (χ1) is 8.58. The number of carbonyl (C=O) groups is 2. The maximum absolute atomic E-state index is 11.8. The molecule has 1 aromatic rings. The van der Waals surface area contributed by atoms with E-state index in [-0.39, 0.29) is 17.8 Å². The summed E-state index contributed by atoms with van der Waals surface area (Å²) < 4.78 is 1.05. The Kier molecular flexibility index (Phi) is 3.59. The predicted octanol–water partition coefficient (Wildman–Crippen LogP) is 0.0754. The first kappa shape index (κ1) is 12.5. The van der Waals surface area contributed by atoms with Crippen molar-refractivity contribution < 1.29 is 9.59 Å². The highest BCUT2D eigenvalue weighted by atomic mass is 16.2. The minimum atomic E-state index is -0.280. The number of anilines is 1. The number of nitrogens with two attached hydrogens (primary N) is 1. The SMILES string of the molecule is CC(=O)n1nc(CCC(=O)N2CCCC2)nc1N. The Balaban J connectivity index is 1.91. The van der Waals surface area contributed by atoms with E-state index in [1.165, 1.54) is 6.92 Å². The topological polar surface area (TPSA) is 94.1 Å². The highest BCUT2D eigenvalue weighted by Gasteiger charge is 2.18. The zero-order chi connectivity index (χ0) is 13.1.